The smallest absolute Gasteiger partial charge is 0.291 e. The van der Waals surface area contributed by atoms with E-state index >= 15 is 0 Å². The molecule has 5 nitrogen and oxygen atoms in total. The van der Waals surface area contributed by atoms with Crippen molar-refractivity contribution in [2.45, 2.75) is 25.9 Å². The highest BCUT2D eigenvalue weighted by molar-refractivity contribution is 6.03. The van der Waals surface area contributed by atoms with Crippen molar-refractivity contribution in [2.75, 3.05) is 25.5 Å². The van der Waals surface area contributed by atoms with Crippen molar-refractivity contribution in [3.63, 3.8) is 0 Å². The summed E-state index contributed by atoms with van der Waals surface area (Å²) in [7, 11) is 2.13. The van der Waals surface area contributed by atoms with E-state index in [9.17, 15) is 4.79 Å². The molecule has 3 rings (SSSR count). The predicted molar refractivity (Wildman–Crippen MR) is 89.0 cm³/mol. The fourth-order valence-electron chi connectivity index (χ4n) is 2.71. The third kappa shape index (κ3) is 3.93. The topological polar surface area (TPSA) is 54.7 Å². The molecule has 1 aromatic carbocycles. The maximum absolute atomic E-state index is 12.1. The Kier molecular flexibility index (Phi) is 4.67. The van der Waals surface area contributed by atoms with Crippen LogP contribution in [0.1, 0.15) is 29.0 Å². The first kappa shape index (κ1) is 15.6. The van der Waals surface area contributed by atoms with Gasteiger partial charge < -0.3 is 19.4 Å². The van der Waals surface area contributed by atoms with E-state index in [1.165, 1.54) is 6.26 Å². The Morgan fingerprint density at radius 1 is 1.22 bits per heavy atom. The van der Waals surface area contributed by atoms with Crippen LogP contribution in [-0.4, -0.2) is 37.0 Å². The molecule has 0 radical (unpaired) electrons. The third-order valence-corrected chi connectivity index (χ3v) is 4.15. The quantitative estimate of drug-likeness (QED) is 0.940. The lowest BCUT2D eigenvalue weighted by molar-refractivity contribution is 0.0995. The fraction of sp³-hybridized carbons (Fsp3) is 0.389. The molecule has 1 fully saturated rings. The molecule has 0 aliphatic carbocycles. The summed E-state index contributed by atoms with van der Waals surface area (Å²) in [4.78, 5) is 14.4. The Labute approximate surface area is 136 Å². The summed E-state index contributed by atoms with van der Waals surface area (Å²) >= 11 is 0. The lowest BCUT2D eigenvalue weighted by atomic mass is 10.1. The number of ether oxygens (including phenoxy) is 1. The van der Waals surface area contributed by atoms with E-state index in [0.717, 1.165) is 42.9 Å². The zero-order valence-corrected chi connectivity index (χ0v) is 13.5. The minimum Gasteiger partial charge on any atom is -0.490 e. The second-order valence-electron chi connectivity index (χ2n) is 6.03. The maximum atomic E-state index is 12.1. The van der Waals surface area contributed by atoms with E-state index < -0.39 is 0 Å². The van der Waals surface area contributed by atoms with Gasteiger partial charge in [0.15, 0.2) is 5.76 Å². The van der Waals surface area contributed by atoms with Crippen molar-refractivity contribution in [1.82, 2.24) is 4.90 Å². The highest BCUT2D eigenvalue weighted by Gasteiger charge is 2.18. The molecule has 0 spiro atoms. The summed E-state index contributed by atoms with van der Waals surface area (Å²) < 4.78 is 11.2. The Balaban J connectivity index is 1.57. The Morgan fingerprint density at radius 3 is 2.52 bits per heavy atom. The largest absolute Gasteiger partial charge is 0.490 e. The Bertz CT molecular complexity index is 655. The number of carbonyl (C=O) groups is 1. The number of hydrogen-bond donors (Lipinski definition) is 1. The number of rotatable bonds is 4. The number of likely N-dealkylation sites (tertiary alicyclic amines) is 1. The maximum Gasteiger partial charge on any atom is 0.291 e. The number of hydrogen-bond acceptors (Lipinski definition) is 4. The number of nitrogens with one attached hydrogen (secondary N) is 1. The SMILES string of the molecule is Cc1ccoc1C(=O)Nc1ccc(OC2CCN(C)CC2)cc1. The highest BCUT2D eigenvalue weighted by Crippen LogP contribution is 2.21. The lowest BCUT2D eigenvalue weighted by Crippen LogP contribution is -2.35. The number of carbonyl (C=O) groups excluding carboxylic acids is 1. The number of benzene rings is 1. The number of piperidine rings is 1. The minimum absolute atomic E-state index is 0.239. The van der Waals surface area contributed by atoms with Crippen LogP contribution < -0.4 is 10.1 Å². The van der Waals surface area contributed by atoms with Crippen molar-refractivity contribution >= 4 is 11.6 Å². The van der Waals surface area contributed by atoms with E-state index in [1.54, 1.807) is 6.07 Å². The fourth-order valence-corrected chi connectivity index (χ4v) is 2.71. The van der Waals surface area contributed by atoms with Gasteiger partial charge in [-0.1, -0.05) is 0 Å². The van der Waals surface area contributed by atoms with E-state index in [0.29, 0.717) is 5.76 Å². The first-order valence-corrected chi connectivity index (χ1v) is 7.92. The standard InChI is InChI=1S/C18H22N2O3/c1-13-9-12-22-17(13)18(21)19-14-3-5-15(6-4-14)23-16-7-10-20(2)11-8-16/h3-6,9,12,16H,7-8,10-11H2,1-2H3,(H,19,21). The van der Waals surface area contributed by atoms with Gasteiger partial charge >= 0.3 is 0 Å². The van der Waals surface area contributed by atoms with Crippen molar-refractivity contribution in [3.8, 4) is 5.75 Å². The number of nitrogens with zero attached hydrogens (tertiary/aromatic N) is 1. The van der Waals surface area contributed by atoms with Gasteiger partial charge in [0.05, 0.1) is 6.26 Å². The van der Waals surface area contributed by atoms with Gasteiger partial charge in [0, 0.05) is 24.3 Å². The molecule has 1 N–H and O–H groups in total. The molecule has 23 heavy (non-hydrogen) atoms. The molecule has 1 aliphatic rings. The van der Waals surface area contributed by atoms with Crippen LogP contribution in [0.3, 0.4) is 0 Å². The molecular formula is C18H22N2O3. The second kappa shape index (κ2) is 6.87. The van der Waals surface area contributed by atoms with Gasteiger partial charge in [0.25, 0.3) is 5.91 Å². The minimum atomic E-state index is -0.239. The van der Waals surface area contributed by atoms with Crippen molar-refractivity contribution in [3.05, 3.63) is 47.9 Å². The normalized spacial score (nSPS) is 16.3. The molecule has 0 bridgehead atoms. The van der Waals surface area contributed by atoms with Crippen LogP contribution in [0.4, 0.5) is 5.69 Å². The van der Waals surface area contributed by atoms with Gasteiger partial charge in [-0.2, -0.15) is 0 Å². The number of furan rings is 1. The molecule has 1 amide bonds. The average molecular weight is 314 g/mol. The van der Waals surface area contributed by atoms with Crippen LogP contribution in [0.2, 0.25) is 0 Å². The first-order chi connectivity index (χ1) is 11.1. The molecule has 0 saturated carbocycles. The van der Waals surface area contributed by atoms with Crippen molar-refractivity contribution in [1.29, 1.82) is 0 Å². The number of aryl methyl sites for hydroxylation is 1. The molecule has 1 aromatic heterocycles. The third-order valence-electron chi connectivity index (χ3n) is 4.15. The van der Waals surface area contributed by atoms with E-state index in [2.05, 4.69) is 17.3 Å². The zero-order valence-electron chi connectivity index (χ0n) is 13.5. The van der Waals surface area contributed by atoms with Crippen molar-refractivity contribution in [2.24, 2.45) is 0 Å². The zero-order chi connectivity index (χ0) is 16.2. The molecule has 0 atom stereocenters. The monoisotopic (exact) mass is 314 g/mol. The predicted octanol–water partition coefficient (Wildman–Crippen LogP) is 3.31. The Morgan fingerprint density at radius 2 is 1.91 bits per heavy atom. The van der Waals surface area contributed by atoms with Crippen LogP contribution in [0.15, 0.2) is 41.0 Å². The number of amides is 1. The number of anilines is 1. The first-order valence-electron chi connectivity index (χ1n) is 7.92. The molecule has 5 heteroatoms. The van der Waals surface area contributed by atoms with E-state index in [1.807, 2.05) is 31.2 Å². The highest BCUT2D eigenvalue weighted by atomic mass is 16.5. The van der Waals surface area contributed by atoms with Crippen molar-refractivity contribution < 1.29 is 13.9 Å². The molecular weight excluding hydrogens is 292 g/mol. The summed E-state index contributed by atoms with van der Waals surface area (Å²) in [6, 6.07) is 9.25. The van der Waals surface area contributed by atoms with Gasteiger partial charge in [0.1, 0.15) is 11.9 Å². The lowest BCUT2D eigenvalue weighted by Gasteiger charge is -2.29. The Hall–Kier alpha value is -2.27. The van der Waals surface area contributed by atoms with Gasteiger partial charge in [-0.25, -0.2) is 0 Å². The van der Waals surface area contributed by atoms with Crippen LogP contribution in [-0.2, 0) is 0 Å². The van der Waals surface area contributed by atoms with Gasteiger partial charge in [-0.3, -0.25) is 4.79 Å². The molecule has 2 heterocycles. The summed E-state index contributed by atoms with van der Waals surface area (Å²) in [5.74, 6) is 0.944. The summed E-state index contributed by atoms with van der Waals surface area (Å²) in [5.41, 5.74) is 1.55. The molecule has 1 aliphatic heterocycles. The summed E-state index contributed by atoms with van der Waals surface area (Å²) in [6.45, 7) is 3.99. The molecule has 0 unspecified atom stereocenters. The van der Waals surface area contributed by atoms with Crippen LogP contribution in [0.5, 0.6) is 5.75 Å². The summed E-state index contributed by atoms with van der Waals surface area (Å²) in [5, 5.41) is 2.83. The van der Waals surface area contributed by atoms with Crippen LogP contribution in [0, 0.1) is 6.92 Å². The van der Waals surface area contributed by atoms with Gasteiger partial charge in [0.2, 0.25) is 0 Å². The average Bonchev–Trinajstić information content (AvgIpc) is 2.98. The molecule has 1 saturated heterocycles. The van der Waals surface area contributed by atoms with E-state index in [-0.39, 0.29) is 12.0 Å². The summed E-state index contributed by atoms with van der Waals surface area (Å²) in [6.07, 6.45) is 3.89. The van der Waals surface area contributed by atoms with Crippen LogP contribution >= 0.6 is 0 Å². The van der Waals surface area contributed by atoms with Gasteiger partial charge in [-0.05, 0) is 57.1 Å². The molecule has 2 aromatic rings. The molecule has 122 valence electrons. The second-order valence-corrected chi connectivity index (χ2v) is 6.03. The van der Waals surface area contributed by atoms with Gasteiger partial charge in [-0.15, -0.1) is 0 Å². The van der Waals surface area contributed by atoms with Crippen LogP contribution in [0.25, 0.3) is 0 Å². The van der Waals surface area contributed by atoms with E-state index in [4.69, 9.17) is 9.15 Å².